The highest BCUT2D eigenvalue weighted by atomic mass is 16.1. The number of nitrogens with one attached hydrogen (secondary N) is 1. The van der Waals surface area contributed by atoms with Gasteiger partial charge in [0.2, 0.25) is 0 Å². The Morgan fingerprint density at radius 1 is 1.19 bits per heavy atom. The SMILES string of the molecule is O=C1N=c2ccccc2=C1C1CCNCC1. The Morgan fingerprint density at radius 2 is 1.94 bits per heavy atom. The summed E-state index contributed by atoms with van der Waals surface area (Å²) in [6.07, 6.45) is 2.09. The van der Waals surface area contributed by atoms with Crippen molar-refractivity contribution in [1.82, 2.24) is 5.32 Å². The van der Waals surface area contributed by atoms with Gasteiger partial charge in [-0.25, -0.2) is 4.99 Å². The minimum Gasteiger partial charge on any atom is -0.317 e. The number of amides is 1. The molecule has 0 atom stereocenters. The highest BCUT2D eigenvalue weighted by Gasteiger charge is 2.26. The molecule has 0 aliphatic carbocycles. The Morgan fingerprint density at radius 3 is 2.75 bits per heavy atom. The van der Waals surface area contributed by atoms with Gasteiger partial charge in [0, 0.05) is 10.8 Å². The summed E-state index contributed by atoms with van der Waals surface area (Å²) in [6.45, 7) is 2.01. The number of fused-ring (bicyclic) bond motifs is 1. The minimum atomic E-state index is -0.0203. The lowest BCUT2D eigenvalue weighted by atomic mass is 9.89. The van der Waals surface area contributed by atoms with Crippen LogP contribution in [0.15, 0.2) is 29.3 Å². The molecule has 2 aliphatic rings. The van der Waals surface area contributed by atoms with Gasteiger partial charge in [-0.2, -0.15) is 0 Å². The van der Waals surface area contributed by atoms with Crippen LogP contribution in [-0.2, 0) is 4.79 Å². The van der Waals surface area contributed by atoms with E-state index in [1.54, 1.807) is 0 Å². The summed E-state index contributed by atoms with van der Waals surface area (Å²) >= 11 is 0. The van der Waals surface area contributed by atoms with Crippen molar-refractivity contribution in [3.05, 3.63) is 34.8 Å². The van der Waals surface area contributed by atoms with Crippen LogP contribution < -0.4 is 15.9 Å². The topological polar surface area (TPSA) is 41.5 Å². The predicted octanol–water partition coefficient (Wildman–Crippen LogP) is -0.00330. The summed E-state index contributed by atoms with van der Waals surface area (Å²) in [5.74, 6) is 0.370. The smallest absolute Gasteiger partial charge is 0.274 e. The molecule has 2 aliphatic heterocycles. The first-order chi connectivity index (χ1) is 7.86. The molecule has 1 aromatic rings. The van der Waals surface area contributed by atoms with E-state index < -0.39 is 0 Å². The Kier molecular flexibility index (Phi) is 2.33. The number of rotatable bonds is 1. The predicted molar refractivity (Wildman–Crippen MR) is 61.2 cm³/mol. The van der Waals surface area contributed by atoms with Gasteiger partial charge in [-0.15, -0.1) is 0 Å². The molecule has 3 rings (SSSR count). The second-order valence-electron chi connectivity index (χ2n) is 4.37. The largest absolute Gasteiger partial charge is 0.317 e. The van der Waals surface area contributed by atoms with Gasteiger partial charge in [-0.3, -0.25) is 4.79 Å². The first kappa shape index (κ1) is 9.73. The molecule has 0 radical (unpaired) electrons. The molecule has 0 bridgehead atoms. The molecule has 1 saturated heterocycles. The second-order valence-corrected chi connectivity index (χ2v) is 4.37. The Labute approximate surface area is 93.9 Å². The normalized spacial score (nSPS) is 20.8. The molecule has 0 unspecified atom stereocenters. The number of hydrogen-bond donors (Lipinski definition) is 1. The standard InChI is InChI=1S/C13H14N2O/c16-13-12(9-5-7-14-8-6-9)10-3-1-2-4-11(10)15-13/h1-4,9,14H,5-8H2. The lowest BCUT2D eigenvalue weighted by molar-refractivity contribution is -0.113. The van der Waals surface area contributed by atoms with E-state index in [0.717, 1.165) is 42.1 Å². The maximum Gasteiger partial charge on any atom is 0.274 e. The zero-order valence-electron chi connectivity index (χ0n) is 9.07. The van der Waals surface area contributed by atoms with Crippen LogP contribution in [0.2, 0.25) is 0 Å². The van der Waals surface area contributed by atoms with E-state index in [4.69, 9.17) is 0 Å². The molecule has 0 aromatic heterocycles. The van der Waals surface area contributed by atoms with Gasteiger partial charge in [0.25, 0.3) is 5.91 Å². The van der Waals surface area contributed by atoms with Crippen molar-refractivity contribution in [2.24, 2.45) is 10.9 Å². The Balaban J connectivity index is 2.13. The molecular formula is C13H14N2O. The van der Waals surface area contributed by atoms with Crippen LogP contribution in [-0.4, -0.2) is 19.0 Å². The molecule has 3 heteroatoms. The molecule has 0 spiro atoms. The summed E-state index contributed by atoms with van der Waals surface area (Å²) in [5, 5.41) is 5.22. The fraction of sp³-hybridized carbons (Fsp3) is 0.385. The molecular weight excluding hydrogens is 200 g/mol. The van der Waals surface area contributed by atoms with Crippen LogP contribution in [0.25, 0.3) is 5.57 Å². The van der Waals surface area contributed by atoms with Crippen LogP contribution in [0, 0.1) is 5.92 Å². The maximum atomic E-state index is 11.9. The van der Waals surface area contributed by atoms with E-state index in [9.17, 15) is 4.79 Å². The third kappa shape index (κ3) is 1.48. The monoisotopic (exact) mass is 214 g/mol. The van der Waals surface area contributed by atoms with Gasteiger partial charge in [-0.05, 0) is 37.9 Å². The average Bonchev–Trinajstić information content (AvgIpc) is 2.66. The van der Waals surface area contributed by atoms with E-state index in [1.807, 2.05) is 24.3 Å². The molecule has 1 fully saturated rings. The molecule has 16 heavy (non-hydrogen) atoms. The molecule has 1 amide bonds. The van der Waals surface area contributed by atoms with Crippen molar-refractivity contribution in [2.75, 3.05) is 13.1 Å². The summed E-state index contributed by atoms with van der Waals surface area (Å²) in [7, 11) is 0. The average molecular weight is 214 g/mol. The maximum absolute atomic E-state index is 11.9. The summed E-state index contributed by atoms with van der Waals surface area (Å²) in [6, 6.07) is 7.84. The number of carbonyl (C=O) groups excluding carboxylic acids is 1. The number of carbonyl (C=O) groups is 1. The highest BCUT2D eigenvalue weighted by Crippen LogP contribution is 2.23. The lowest BCUT2D eigenvalue weighted by Gasteiger charge is -2.22. The van der Waals surface area contributed by atoms with Crippen molar-refractivity contribution in [2.45, 2.75) is 12.8 Å². The number of hydrogen-bond acceptors (Lipinski definition) is 2. The van der Waals surface area contributed by atoms with E-state index in [-0.39, 0.29) is 5.91 Å². The second kappa shape index (κ2) is 3.83. The number of benzene rings is 1. The quantitative estimate of drug-likeness (QED) is 0.715. The summed E-state index contributed by atoms with van der Waals surface area (Å²) in [5.41, 5.74) is 0.942. The summed E-state index contributed by atoms with van der Waals surface area (Å²) in [4.78, 5) is 16.0. The van der Waals surface area contributed by atoms with Gasteiger partial charge >= 0.3 is 0 Å². The zero-order chi connectivity index (χ0) is 11.0. The van der Waals surface area contributed by atoms with E-state index in [1.165, 1.54) is 0 Å². The molecule has 0 saturated carbocycles. The van der Waals surface area contributed by atoms with Crippen LogP contribution in [0.3, 0.4) is 0 Å². The van der Waals surface area contributed by atoms with Crippen LogP contribution >= 0.6 is 0 Å². The molecule has 1 aromatic carbocycles. The van der Waals surface area contributed by atoms with Crippen molar-refractivity contribution < 1.29 is 4.79 Å². The number of nitrogens with zero attached hydrogens (tertiary/aromatic N) is 1. The molecule has 3 nitrogen and oxygen atoms in total. The fourth-order valence-corrected chi connectivity index (χ4v) is 2.59. The molecule has 82 valence electrons. The first-order valence-electron chi connectivity index (χ1n) is 5.79. The van der Waals surface area contributed by atoms with Crippen molar-refractivity contribution in [3.8, 4) is 0 Å². The Bertz CT molecular complexity index is 541. The van der Waals surface area contributed by atoms with Gasteiger partial charge in [0.05, 0.1) is 5.36 Å². The van der Waals surface area contributed by atoms with Gasteiger partial charge < -0.3 is 5.32 Å². The van der Waals surface area contributed by atoms with Gasteiger partial charge in [0.1, 0.15) is 0 Å². The van der Waals surface area contributed by atoms with E-state index in [0.29, 0.717) is 5.92 Å². The number of para-hydroxylation sites is 1. The molecule has 2 heterocycles. The summed E-state index contributed by atoms with van der Waals surface area (Å²) < 4.78 is 0. The van der Waals surface area contributed by atoms with Crippen molar-refractivity contribution in [3.63, 3.8) is 0 Å². The van der Waals surface area contributed by atoms with Crippen LogP contribution in [0.5, 0.6) is 0 Å². The van der Waals surface area contributed by atoms with Gasteiger partial charge in [0.15, 0.2) is 0 Å². The van der Waals surface area contributed by atoms with E-state index >= 15 is 0 Å². The fourth-order valence-electron chi connectivity index (χ4n) is 2.59. The van der Waals surface area contributed by atoms with Crippen LogP contribution in [0.1, 0.15) is 12.8 Å². The lowest BCUT2D eigenvalue weighted by Crippen LogP contribution is -2.32. The van der Waals surface area contributed by atoms with Crippen LogP contribution in [0.4, 0.5) is 0 Å². The third-order valence-corrected chi connectivity index (χ3v) is 3.39. The van der Waals surface area contributed by atoms with Gasteiger partial charge in [-0.1, -0.05) is 18.2 Å². The van der Waals surface area contributed by atoms with E-state index in [2.05, 4.69) is 10.3 Å². The van der Waals surface area contributed by atoms with Crippen molar-refractivity contribution in [1.29, 1.82) is 0 Å². The Hall–Kier alpha value is -1.48. The third-order valence-electron chi connectivity index (χ3n) is 3.39. The molecule has 1 N–H and O–H groups in total. The minimum absolute atomic E-state index is 0.0203. The zero-order valence-corrected chi connectivity index (χ0v) is 9.07. The first-order valence-corrected chi connectivity index (χ1v) is 5.79. The highest BCUT2D eigenvalue weighted by molar-refractivity contribution is 6.15. The van der Waals surface area contributed by atoms with Crippen molar-refractivity contribution >= 4 is 11.5 Å². The number of piperidine rings is 1.